The number of rotatable bonds is 6. The molecule has 1 aliphatic heterocycles. The van der Waals surface area contributed by atoms with Crippen molar-refractivity contribution in [2.75, 3.05) is 26.2 Å². The van der Waals surface area contributed by atoms with E-state index in [2.05, 4.69) is 28.9 Å². The molecule has 2 aromatic heterocycles. The van der Waals surface area contributed by atoms with Gasteiger partial charge in [-0.2, -0.15) is 10.2 Å². The first-order chi connectivity index (χ1) is 12.5. The van der Waals surface area contributed by atoms with E-state index in [4.69, 9.17) is 5.11 Å². The Hall–Kier alpha value is -2.68. The molecule has 1 fully saturated rings. The first-order valence-corrected chi connectivity index (χ1v) is 8.75. The van der Waals surface area contributed by atoms with Crippen molar-refractivity contribution in [3.05, 3.63) is 35.4 Å². The van der Waals surface area contributed by atoms with Crippen molar-refractivity contribution in [2.45, 2.75) is 33.5 Å². The number of aromatic nitrogens is 4. The molecule has 0 saturated carbocycles. The van der Waals surface area contributed by atoms with Gasteiger partial charge in [-0.05, 0) is 13.8 Å². The minimum atomic E-state index is -0.984. The number of amides is 1. The second kappa shape index (κ2) is 7.69. The molecule has 3 heterocycles. The molecular weight excluding hydrogens is 336 g/mol. The summed E-state index contributed by atoms with van der Waals surface area (Å²) in [5.74, 6) is -1.08. The minimum Gasteiger partial charge on any atom is -0.480 e. The number of nitrogens with zero attached hydrogens (tertiary/aromatic N) is 6. The lowest BCUT2D eigenvalue weighted by Crippen LogP contribution is -2.48. The molecule has 0 atom stereocenters. The summed E-state index contributed by atoms with van der Waals surface area (Å²) in [6.07, 6.45) is 4.85. The first kappa shape index (κ1) is 18.1. The summed E-state index contributed by atoms with van der Waals surface area (Å²) in [6.45, 7) is 8.50. The maximum Gasteiger partial charge on any atom is 0.325 e. The summed E-state index contributed by atoms with van der Waals surface area (Å²) >= 11 is 0. The zero-order valence-electron chi connectivity index (χ0n) is 15.1. The lowest BCUT2D eigenvalue weighted by atomic mass is 10.2. The molecule has 3 rings (SSSR count). The Kier molecular flexibility index (Phi) is 5.36. The molecule has 1 N–H and O–H groups in total. The third kappa shape index (κ3) is 3.93. The van der Waals surface area contributed by atoms with E-state index >= 15 is 0 Å². The van der Waals surface area contributed by atoms with Crippen LogP contribution < -0.4 is 0 Å². The van der Waals surface area contributed by atoms with Crippen LogP contribution in [0.2, 0.25) is 0 Å². The van der Waals surface area contributed by atoms with Crippen molar-refractivity contribution >= 4 is 11.9 Å². The SMILES string of the molecule is CCn1ncc(CN2CCN(C(=O)c3cnn(CC(=O)O)c3)CC2)c1C. The van der Waals surface area contributed by atoms with Gasteiger partial charge in [-0.1, -0.05) is 0 Å². The van der Waals surface area contributed by atoms with Crippen LogP contribution in [0.25, 0.3) is 0 Å². The number of hydrogen-bond acceptors (Lipinski definition) is 5. The maximum atomic E-state index is 12.6. The fourth-order valence-corrected chi connectivity index (χ4v) is 3.19. The molecule has 0 spiro atoms. The number of hydrogen-bond donors (Lipinski definition) is 1. The molecule has 9 heteroatoms. The van der Waals surface area contributed by atoms with Crippen LogP contribution in [0.1, 0.15) is 28.5 Å². The number of aryl methyl sites for hydroxylation is 1. The van der Waals surface area contributed by atoms with Gasteiger partial charge in [0.2, 0.25) is 0 Å². The highest BCUT2D eigenvalue weighted by Gasteiger charge is 2.24. The van der Waals surface area contributed by atoms with E-state index in [1.54, 1.807) is 4.90 Å². The van der Waals surface area contributed by atoms with E-state index < -0.39 is 5.97 Å². The number of carboxylic acid groups (broad SMARTS) is 1. The highest BCUT2D eigenvalue weighted by Crippen LogP contribution is 2.14. The van der Waals surface area contributed by atoms with E-state index in [9.17, 15) is 9.59 Å². The third-order valence-corrected chi connectivity index (χ3v) is 4.74. The van der Waals surface area contributed by atoms with Crippen LogP contribution in [0.4, 0.5) is 0 Å². The highest BCUT2D eigenvalue weighted by molar-refractivity contribution is 5.93. The minimum absolute atomic E-state index is 0.101. The van der Waals surface area contributed by atoms with E-state index in [0.29, 0.717) is 18.7 Å². The average Bonchev–Trinajstić information content (AvgIpc) is 3.22. The van der Waals surface area contributed by atoms with Gasteiger partial charge < -0.3 is 10.0 Å². The summed E-state index contributed by atoms with van der Waals surface area (Å²) in [5.41, 5.74) is 2.85. The molecule has 140 valence electrons. The summed E-state index contributed by atoms with van der Waals surface area (Å²) < 4.78 is 3.25. The van der Waals surface area contributed by atoms with Gasteiger partial charge in [-0.25, -0.2) is 0 Å². The molecule has 2 aromatic rings. The van der Waals surface area contributed by atoms with E-state index in [0.717, 1.165) is 26.2 Å². The van der Waals surface area contributed by atoms with Gasteiger partial charge in [0.05, 0.1) is 18.0 Å². The molecule has 0 aliphatic carbocycles. The van der Waals surface area contributed by atoms with Gasteiger partial charge in [0.1, 0.15) is 6.54 Å². The molecule has 1 aliphatic rings. The molecular formula is C17H24N6O3. The number of carbonyl (C=O) groups is 2. The van der Waals surface area contributed by atoms with Crippen LogP contribution in [0.15, 0.2) is 18.6 Å². The number of aliphatic carboxylic acids is 1. The van der Waals surface area contributed by atoms with Crippen molar-refractivity contribution in [3.63, 3.8) is 0 Å². The fourth-order valence-electron chi connectivity index (χ4n) is 3.19. The number of piperazine rings is 1. The Bertz CT molecular complexity index is 788. The molecule has 1 amide bonds. The highest BCUT2D eigenvalue weighted by atomic mass is 16.4. The Labute approximate surface area is 151 Å². The molecule has 9 nitrogen and oxygen atoms in total. The molecule has 1 saturated heterocycles. The smallest absolute Gasteiger partial charge is 0.325 e. The molecule has 0 unspecified atom stereocenters. The molecule has 26 heavy (non-hydrogen) atoms. The lowest BCUT2D eigenvalue weighted by Gasteiger charge is -2.34. The Balaban J connectivity index is 1.54. The van der Waals surface area contributed by atoms with Gasteiger partial charge in [0.15, 0.2) is 0 Å². The van der Waals surface area contributed by atoms with Crippen LogP contribution >= 0.6 is 0 Å². The molecule has 0 aromatic carbocycles. The fraction of sp³-hybridized carbons (Fsp3) is 0.529. The molecule has 0 radical (unpaired) electrons. The zero-order valence-corrected chi connectivity index (χ0v) is 15.1. The van der Waals surface area contributed by atoms with E-state index in [1.807, 2.05) is 10.9 Å². The predicted molar refractivity (Wildman–Crippen MR) is 93.7 cm³/mol. The Morgan fingerprint density at radius 3 is 2.50 bits per heavy atom. The monoisotopic (exact) mass is 360 g/mol. The maximum absolute atomic E-state index is 12.6. The van der Waals surface area contributed by atoms with Crippen LogP contribution in [0, 0.1) is 6.92 Å². The van der Waals surface area contributed by atoms with Crippen LogP contribution in [-0.4, -0.2) is 72.5 Å². The zero-order chi connectivity index (χ0) is 18.7. The van der Waals surface area contributed by atoms with Gasteiger partial charge in [-0.3, -0.25) is 23.9 Å². The number of carbonyl (C=O) groups excluding carboxylic acids is 1. The second-order valence-corrected chi connectivity index (χ2v) is 6.46. The summed E-state index contributed by atoms with van der Waals surface area (Å²) in [5, 5.41) is 17.1. The van der Waals surface area contributed by atoms with Crippen molar-refractivity contribution < 1.29 is 14.7 Å². The van der Waals surface area contributed by atoms with E-state index in [1.165, 1.54) is 28.3 Å². The summed E-state index contributed by atoms with van der Waals surface area (Å²) in [7, 11) is 0. The average molecular weight is 360 g/mol. The Morgan fingerprint density at radius 2 is 1.88 bits per heavy atom. The van der Waals surface area contributed by atoms with Crippen molar-refractivity contribution in [1.82, 2.24) is 29.4 Å². The summed E-state index contributed by atoms with van der Waals surface area (Å²) in [6, 6.07) is 0. The number of carboxylic acids is 1. The largest absolute Gasteiger partial charge is 0.480 e. The van der Waals surface area contributed by atoms with Crippen molar-refractivity contribution in [2.24, 2.45) is 0 Å². The van der Waals surface area contributed by atoms with Crippen molar-refractivity contribution in [1.29, 1.82) is 0 Å². The van der Waals surface area contributed by atoms with Crippen LogP contribution in [0.5, 0.6) is 0 Å². The van der Waals surface area contributed by atoms with Gasteiger partial charge in [-0.15, -0.1) is 0 Å². The first-order valence-electron chi connectivity index (χ1n) is 8.75. The van der Waals surface area contributed by atoms with Crippen LogP contribution in [-0.2, 0) is 24.4 Å². The van der Waals surface area contributed by atoms with Crippen molar-refractivity contribution in [3.8, 4) is 0 Å². The lowest BCUT2D eigenvalue weighted by molar-refractivity contribution is -0.137. The van der Waals surface area contributed by atoms with E-state index in [-0.39, 0.29) is 12.5 Å². The normalized spacial score (nSPS) is 15.4. The third-order valence-electron chi connectivity index (χ3n) is 4.74. The summed E-state index contributed by atoms with van der Waals surface area (Å²) in [4.78, 5) is 27.4. The second-order valence-electron chi connectivity index (χ2n) is 6.46. The predicted octanol–water partition coefficient (Wildman–Crippen LogP) is 0.451. The topological polar surface area (TPSA) is 96.5 Å². The quantitative estimate of drug-likeness (QED) is 0.803. The molecule has 0 bridgehead atoms. The van der Waals surface area contributed by atoms with Gasteiger partial charge in [0.25, 0.3) is 5.91 Å². The van der Waals surface area contributed by atoms with Gasteiger partial charge >= 0.3 is 5.97 Å². The Morgan fingerprint density at radius 1 is 1.15 bits per heavy atom. The van der Waals surface area contributed by atoms with Crippen LogP contribution in [0.3, 0.4) is 0 Å². The van der Waals surface area contributed by atoms with Gasteiger partial charge in [0, 0.05) is 56.7 Å². The standard InChI is InChI=1S/C17H24N6O3/c1-3-23-13(2)14(8-19-23)10-20-4-6-21(7-5-20)17(26)15-9-18-22(11-15)12-16(24)25/h8-9,11H,3-7,10,12H2,1-2H3,(H,24,25).